The molecule has 0 atom stereocenters. The third-order valence-corrected chi connectivity index (χ3v) is 5.74. The number of carbonyl (C=O) groups excluding carboxylic acids is 1. The Morgan fingerprint density at radius 2 is 2.11 bits per heavy atom. The number of rotatable bonds is 9. The molecule has 2 heterocycles. The molecule has 1 aliphatic rings. The Kier molecular flexibility index (Phi) is 7.11. The summed E-state index contributed by atoms with van der Waals surface area (Å²) in [6.45, 7) is 11.1. The van der Waals surface area contributed by atoms with Gasteiger partial charge in [0.25, 0.3) is 5.91 Å². The number of para-hydroxylation sites is 1. The first-order chi connectivity index (χ1) is 13.7. The van der Waals surface area contributed by atoms with Crippen LogP contribution in [0.5, 0.6) is 5.75 Å². The normalized spacial score (nSPS) is 13.8. The second-order valence-electron chi connectivity index (χ2n) is 6.40. The summed E-state index contributed by atoms with van der Waals surface area (Å²) in [6, 6.07) is 5.85. The van der Waals surface area contributed by atoms with E-state index in [1.165, 1.54) is 22.5 Å². The third kappa shape index (κ3) is 4.56. The summed E-state index contributed by atoms with van der Waals surface area (Å²) in [5.41, 5.74) is 0.784. The summed E-state index contributed by atoms with van der Waals surface area (Å²) in [7, 11) is 0. The fourth-order valence-corrected chi connectivity index (χ4v) is 4.08. The molecule has 0 radical (unpaired) electrons. The number of aromatic nitrogens is 1. The van der Waals surface area contributed by atoms with Crippen LogP contribution in [0.25, 0.3) is 10.2 Å². The quantitative estimate of drug-likeness (QED) is 0.688. The predicted molar refractivity (Wildman–Crippen MR) is 110 cm³/mol. The molecule has 0 bridgehead atoms. The van der Waals surface area contributed by atoms with Crippen molar-refractivity contribution in [3.8, 4) is 5.75 Å². The van der Waals surface area contributed by atoms with Crippen LogP contribution in [0.1, 0.15) is 20.8 Å². The number of likely N-dealkylation sites (N-methyl/N-ethyl adjacent to an activating group) is 1. The van der Waals surface area contributed by atoms with Gasteiger partial charge in [0.15, 0.2) is 5.13 Å². The lowest BCUT2D eigenvalue weighted by molar-refractivity contribution is -0.894. The Morgan fingerprint density at radius 1 is 1.29 bits per heavy atom. The molecule has 0 aliphatic carbocycles. The van der Waals surface area contributed by atoms with Crippen LogP contribution in [0.2, 0.25) is 0 Å². The van der Waals surface area contributed by atoms with Crippen molar-refractivity contribution in [3.05, 3.63) is 30.2 Å². The molecule has 1 aliphatic heterocycles. The van der Waals surface area contributed by atoms with Crippen LogP contribution in [-0.4, -0.2) is 56.9 Å². The molecule has 0 saturated carbocycles. The minimum absolute atomic E-state index is 0.219. The minimum atomic E-state index is -0.219. The van der Waals surface area contributed by atoms with Gasteiger partial charge in [0, 0.05) is 0 Å². The number of carbonyl (C=O) groups is 1. The van der Waals surface area contributed by atoms with Crippen molar-refractivity contribution in [1.82, 2.24) is 4.98 Å². The van der Waals surface area contributed by atoms with Crippen LogP contribution in [0, 0.1) is 0 Å². The van der Waals surface area contributed by atoms with Crippen molar-refractivity contribution >= 4 is 32.6 Å². The van der Waals surface area contributed by atoms with Crippen molar-refractivity contribution < 1.29 is 23.9 Å². The van der Waals surface area contributed by atoms with Gasteiger partial charge in [0.2, 0.25) is 5.76 Å². The molecule has 0 unspecified atom stereocenters. The lowest BCUT2D eigenvalue weighted by Crippen LogP contribution is -3.12. The van der Waals surface area contributed by atoms with Crippen molar-refractivity contribution in [2.45, 2.75) is 20.8 Å². The fraction of sp³-hybridized carbons (Fsp3) is 0.500. The number of benzene rings is 1. The van der Waals surface area contributed by atoms with E-state index >= 15 is 0 Å². The molecule has 1 N–H and O–H groups in total. The highest BCUT2D eigenvalue weighted by Crippen LogP contribution is 2.34. The van der Waals surface area contributed by atoms with Gasteiger partial charge in [-0.3, -0.25) is 9.69 Å². The van der Waals surface area contributed by atoms with E-state index in [1.54, 1.807) is 4.90 Å². The van der Waals surface area contributed by atoms with Crippen LogP contribution in [-0.2, 0) is 14.3 Å². The molecule has 2 aromatic rings. The van der Waals surface area contributed by atoms with Crippen LogP contribution in [0.4, 0.5) is 5.13 Å². The molecule has 1 amide bonds. The van der Waals surface area contributed by atoms with Gasteiger partial charge >= 0.3 is 0 Å². The zero-order chi connectivity index (χ0) is 19.9. The number of ether oxygens (including phenoxy) is 3. The van der Waals surface area contributed by atoms with Gasteiger partial charge in [-0.15, -0.1) is 0 Å². The number of nitrogens with one attached hydrogen (secondary N) is 1. The minimum Gasteiger partial charge on any atom is -0.494 e. The largest absolute Gasteiger partial charge is 0.494 e. The third-order valence-electron chi connectivity index (χ3n) is 4.70. The molecule has 7 nitrogen and oxygen atoms in total. The highest BCUT2D eigenvalue weighted by Gasteiger charge is 2.27. The highest BCUT2D eigenvalue weighted by molar-refractivity contribution is 7.22. The Bertz CT molecular complexity index is 832. The Morgan fingerprint density at radius 3 is 2.79 bits per heavy atom. The maximum absolute atomic E-state index is 13.2. The number of hydrogen-bond acceptors (Lipinski definition) is 6. The number of fused-ring (bicyclic) bond motifs is 1. The fourth-order valence-electron chi connectivity index (χ4n) is 3.07. The number of amides is 1. The van der Waals surface area contributed by atoms with Gasteiger partial charge in [-0.2, -0.15) is 0 Å². The molecule has 0 spiro atoms. The smallest absolute Gasteiger partial charge is 0.298 e. The molecule has 152 valence electrons. The van der Waals surface area contributed by atoms with Crippen molar-refractivity contribution in [2.75, 3.05) is 50.9 Å². The van der Waals surface area contributed by atoms with E-state index in [0.717, 1.165) is 35.6 Å². The first-order valence-corrected chi connectivity index (χ1v) is 10.6. The van der Waals surface area contributed by atoms with Crippen molar-refractivity contribution in [3.63, 3.8) is 0 Å². The van der Waals surface area contributed by atoms with Gasteiger partial charge in [-0.25, -0.2) is 4.98 Å². The summed E-state index contributed by atoms with van der Waals surface area (Å²) >= 11 is 1.49. The Labute approximate surface area is 169 Å². The van der Waals surface area contributed by atoms with E-state index in [9.17, 15) is 4.79 Å². The van der Waals surface area contributed by atoms with Gasteiger partial charge in [-0.05, 0) is 32.9 Å². The van der Waals surface area contributed by atoms with Gasteiger partial charge < -0.3 is 19.1 Å². The van der Waals surface area contributed by atoms with E-state index in [0.29, 0.717) is 31.5 Å². The molecule has 1 aromatic carbocycles. The molecule has 8 heteroatoms. The number of thiazole rings is 1. The molecule has 0 fully saturated rings. The maximum Gasteiger partial charge on any atom is 0.298 e. The number of anilines is 1. The maximum atomic E-state index is 13.2. The van der Waals surface area contributed by atoms with E-state index in [-0.39, 0.29) is 11.7 Å². The first-order valence-electron chi connectivity index (χ1n) is 9.80. The molecule has 3 rings (SSSR count). The Balaban J connectivity index is 1.93. The topological polar surface area (TPSA) is 65.3 Å². The van der Waals surface area contributed by atoms with Crippen LogP contribution in [0.3, 0.4) is 0 Å². The van der Waals surface area contributed by atoms with Crippen LogP contribution >= 0.6 is 11.3 Å². The summed E-state index contributed by atoms with van der Waals surface area (Å²) in [4.78, 5) is 21.0. The number of quaternary nitrogens is 1. The Hall–Kier alpha value is -2.32. The molecule has 28 heavy (non-hydrogen) atoms. The lowest BCUT2D eigenvalue weighted by atomic mass is 10.3. The number of nitrogens with zero attached hydrogens (tertiary/aromatic N) is 2. The SMILES string of the molecule is CCOc1cccc2sc(N(CC[NH+](CC)CC)C(=O)C3=COCCO3)nc12. The lowest BCUT2D eigenvalue weighted by Gasteiger charge is -2.24. The number of hydrogen-bond donors (Lipinski definition) is 1. The zero-order valence-corrected chi connectivity index (χ0v) is 17.5. The second kappa shape index (κ2) is 9.75. The van der Waals surface area contributed by atoms with E-state index < -0.39 is 0 Å². The van der Waals surface area contributed by atoms with E-state index in [1.807, 2.05) is 25.1 Å². The van der Waals surface area contributed by atoms with E-state index in [2.05, 4.69) is 13.8 Å². The summed E-state index contributed by atoms with van der Waals surface area (Å²) < 4.78 is 17.5. The highest BCUT2D eigenvalue weighted by atomic mass is 32.1. The summed E-state index contributed by atoms with van der Waals surface area (Å²) in [6.07, 6.45) is 1.40. The summed E-state index contributed by atoms with van der Waals surface area (Å²) in [5, 5.41) is 0.647. The van der Waals surface area contributed by atoms with Crippen molar-refractivity contribution in [2.24, 2.45) is 0 Å². The zero-order valence-electron chi connectivity index (χ0n) is 16.7. The van der Waals surface area contributed by atoms with Crippen LogP contribution < -0.4 is 14.5 Å². The van der Waals surface area contributed by atoms with Gasteiger partial charge in [0.05, 0.1) is 37.5 Å². The average molecular weight is 407 g/mol. The molecular formula is C20H28N3O4S+. The van der Waals surface area contributed by atoms with E-state index in [4.69, 9.17) is 19.2 Å². The first kappa shape index (κ1) is 20.4. The van der Waals surface area contributed by atoms with Crippen molar-refractivity contribution in [1.29, 1.82) is 0 Å². The predicted octanol–water partition coefficient (Wildman–Crippen LogP) is 1.84. The summed E-state index contributed by atoms with van der Waals surface area (Å²) in [5.74, 6) is 0.745. The molecule has 0 saturated heterocycles. The van der Waals surface area contributed by atoms with Gasteiger partial charge in [0.1, 0.15) is 30.7 Å². The standard InChI is InChI=1S/C20H27N3O4S/c1-4-22(5-2)10-11-23(19(24)16-14-25-12-13-27-16)20-21-18-15(26-6-3)8-7-9-17(18)28-20/h7-9,14H,4-6,10-13H2,1-3H3/p+1. The monoisotopic (exact) mass is 406 g/mol. The second-order valence-corrected chi connectivity index (χ2v) is 7.41. The molecular weight excluding hydrogens is 378 g/mol. The molecule has 1 aromatic heterocycles. The average Bonchev–Trinajstić information content (AvgIpc) is 3.17. The van der Waals surface area contributed by atoms with Gasteiger partial charge in [-0.1, -0.05) is 17.4 Å². The van der Waals surface area contributed by atoms with Crippen LogP contribution in [0.15, 0.2) is 30.2 Å².